The number of thioether (sulfide) groups is 1. The number of nitrogens with zero attached hydrogens (tertiary/aromatic N) is 5. The quantitative estimate of drug-likeness (QED) is 0.385. The van der Waals surface area contributed by atoms with E-state index in [-0.39, 0.29) is 0 Å². The molecule has 0 unspecified atom stereocenters. The van der Waals surface area contributed by atoms with Crippen molar-refractivity contribution >= 4 is 29.2 Å². The fourth-order valence-corrected chi connectivity index (χ4v) is 4.83. The number of rotatable bonds is 7. The largest absolute Gasteiger partial charge is 0.461 e. The van der Waals surface area contributed by atoms with E-state index in [4.69, 9.17) is 15.1 Å². The first-order valence-corrected chi connectivity index (χ1v) is 12.4. The number of benzene rings is 1. The minimum absolute atomic E-state index is 0.484. The van der Waals surface area contributed by atoms with Crippen LogP contribution in [0, 0.1) is 5.92 Å². The molecule has 0 aliphatic heterocycles. The smallest absolute Gasteiger partial charge is 0.256 e. The molecule has 0 saturated heterocycles. The summed E-state index contributed by atoms with van der Waals surface area (Å²) in [4.78, 5) is 13.0. The van der Waals surface area contributed by atoms with Gasteiger partial charge in [-0.05, 0) is 54.8 Å². The standard InChI is InChI=1S/C24H28N6OS/c1-32-19-11-9-18(10-12-19)16-29(15-17-6-3-2-4-7-17)22-14-21(25)30-24(26-22)27-23(28-30)20-8-5-13-31-20/h5,8-14,17H,2-4,6-7,15-16,25H2,1H3. The number of nitrogens with two attached hydrogens (primary N) is 1. The number of fused-ring (bicyclic) bond motifs is 1. The predicted molar refractivity (Wildman–Crippen MR) is 129 cm³/mol. The van der Waals surface area contributed by atoms with Crippen molar-refractivity contribution in [3.8, 4) is 11.6 Å². The average molecular weight is 449 g/mol. The van der Waals surface area contributed by atoms with Crippen molar-refractivity contribution in [1.82, 2.24) is 19.6 Å². The molecule has 166 valence electrons. The zero-order valence-electron chi connectivity index (χ0n) is 18.3. The molecule has 1 fully saturated rings. The number of nitrogen functional groups attached to an aromatic ring is 1. The predicted octanol–water partition coefficient (Wildman–Crippen LogP) is 5.28. The molecule has 1 aromatic carbocycles. The summed E-state index contributed by atoms with van der Waals surface area (Å²) in [6, 6.07) is 14.3. The first-order chi connectivity index (χ1) is 15.7. The van der Waals surface area contributed by atoms with E-state index in [0.717, 1.165) is 18.9 Å². The highest BCUT2D eigenvalue weighted by atomic mass is 32.2. The van der Waals surface area contributed by atoms with E-state index in [1.807, 2.05) is 18.2 Å². The van der Waals surface area contributed by atoms with Gasteiger partial charge in [0, 0.05) is 24.1 Å². The molecule has 0 atom stereocenters. The minimum atomic E-state index is 0.484. The first kappa shape index (κ1) is 20.9. The summed E-state index contributed by atoms with van der Waals surface area (Å²) >= 11 is 1.76. The highest BCUT2D eigenvalue weighted by molar-refractivity contribution is 7.98. The summed E-state index contributed by atoms with van der Waals surface area (Å²) in [7, 11) is 0. The van der Waals surface area contributed by atoms with Gasteiger partial charge >= 0.3 is 0 Å². The van der Waals surface area contributed by atoms with Gasteiger partial charge < -0.3 is 15.1 Å². The third-order valence-corrected chi connectivity index (χ3v) is 6.87. The Labute approximate surface area is 192 Å². The Balaban J connectivity index is 1.48. The van der Waals surface area contributed by atoms with Gasteiger partial charge in [-0.1, -0.05) is 31.4 Å². The highest BCUT2D eigenvalue weighted by Gasteiger charge is 2.21. The van der Waals surface area contributed by atoms with Crippen LogP contribution in [0.25, 0.3) is 17.4 Å². The van der Waals surface area contributed by atoms with E-state index in [9.17, 15) is 0 Å². The van der Waals surface area contributed by atoms with Crippen molar-refractivity contribution in [2.24, 2.45) is 5.92 Å². The Morgan fingerprint density at radius 3 is 2.66 bits per heavy atom. The minimum Gasteiger partial charge on any atom is -0.461 e. The second-order valence-electron chi connectivity index (χ2n) is 8.40. The van der Waals surface area contributed by atoms with Crippen LogP contribution in [-0.2, 0) is 6.54 Å². The third-order valence-electron chi connectivity index (χ3n) is 6.13. The lowest BCUT2D eigenvalue weighted by Crippen LogP contribution is -2.31. The van der Waals surface area contributed by atoms with Gasteiger partial charge in [0.05, 0.1) is 6.26 Å². The number of anilines is 2. The molecule has 2 N–H and O–H groups in total. The highest BCUT2D eigenvalue weighted by Crippen LogP contribution is 2.28. The normalized spacial score (nSPS) is 14.8. The molecule has 8 heteroatoms. The maximum absolute atomic E-state index is 6.39. The van der Waals surface area contributed by atoms with Crippen LogP contribution < -0.4 is 10.6 Å². The molecule has 1 saturated carbocycles. The monoisotopic (exact) mass is 448 g/mol. The maximum Gasteiger partial charge on any atom is 0.256 e. The van der Waals surface area contributed by atoms with E-state index in [1.54, 1.807) is 22.5 Å². The van der Waals surface area contributed by atoms with Crippen molar-refractivity contribution < 1.29 is 4.42 Å². The number of hydrogen-bond acceptors (Lipinski definition) is 7. The second-order valence-corrected chi connectivity index (χ2v) is 9.28. The van der Waals surface area contributed by atoms with Gasteiger partial charge in [-0.15, -0.1) is 16.9 Å². The van der Waals surface area contributed by atoms with Crippen molar-refractivity contribution in [2.75, 3.05) is 23.4 Å². The van der Waals surface area contributed by atoms with Gasteiger partial charge in [-0.3, -0.25) is 0 Å². The van der Waals surface area contributed by atoms with Crippen LogP contribution in [0.3, 0.4) is 0 Å². The molecular weight excluding hydrogens is 420 g/mol. The molecule has 4 aromatic rings. The summed E-state index contributed by atoms with van der Waals surface area (Å²) in [5, 5.41) is 4.48. The SMILES string of the molecule is CSc1ccc(CN(CC2CCCCC2)c2cc(N)n3nc(-c4ccco4)nc3n2)cc1. The fraction of sp³-hybridized carbons (Fsp3) is 0.375. The van der Waals surface area contributed by atoms with Crippen molar-refractivity contribution in [3.63, 3.8) is 0 Å². The van der Waals surface area contributed by atoms with Crippen LogP contribution in [0.5, 0.6) is 0 Å². The van der Waals surface area contributed by atoms with E-state index < -0.39 is 0 Å². The van der Waals surface area contributed by atoms with Gasteiger partial charge in [0.15, 0.2) is 5.76 Å². The van der Waals surface area contributed by atoms with Gasteiger partial charge in [0.25, 0.3) is 5.78 Å². The second kappa shape index (κ2) is 9.24. The Morgan fingerprint density at radius 2 is 1.94 bits per heavy atom. The van der Waals surface area contributed by atoms with E-state index in [1.165, 1.54) is 42.6 Å². The number of aromatic nitrogens is 4. The number of furan rings is 1. The lowest BCUT2D eigenvalue weighted by atomic mass is 9.89. The lowest BCUT2D eigenvalue weighted by Gasteiger charge is -2.31. The molecule has 7 nitrogen and oxygen atoms in total. The maximum atomic E-state index is 6.39. The topological polar surface area (TPSA) is 85.5 Å². The lowest BCUT2D eigenvalue weighted by molar-refractivity contribution is 0.357. The molecule has 32 heavy (non-hydrogen) atoms. The van der Waals surface area contributed by atoms with Crippen LogP contribution in [0.1, 0.15) is 37.7 Å². The van der Waals surface area contributed by atoms with Crippen LogP contribution >= 0.6 is 11.8 Å². The molecule has 5 rings (SSSR count). The van der Waals surface area contributed by atoms with Gasteiger partial charge in [-0.2, -0.15) is 14.5 Å². The van der Waals surface area contributed by atoms with E-state index in [0.29, 0.717) is 29.1 Å². The van der Waals surface area contributed by atoms with Gasteiger partial charge in [-0.25, -0.2) is 0 Å². The molecule has 0 amide bonds. The van der Waals surface area contributed by atoms with E-state index in [2.05, 4.69) is 45.5 Å². The molecule has 3 heterocycles. The van der Waals surface area contributed by atoms with Crippen LogP contribution in [0.2, 0.25) is 0 Å². The van der Waals surface area contributed by atoms with E-state index >= 15 is 0 Å². The summed E-state index contributed by atoms with van der Waals surface area (Å²) < 4.78 is 7.02. The molecular formula is C24H28N6OS. The van der Waals surface area contributed by atoms with Crippen LogP contribution in [0.4, 0.5) is 11.6 Å². The van der Waals surface area contributed by atoms with Crippen molar-refractivity contribution in [3.05, 3.63) is 54.3 Å². The molecule has 0 spiro atoms. The summed E-state index contributed by atoms with van der Waals surface area (Å²) in [6.07, 6.45) is 10.2. The summed E-state index contributed by atoms with van der Waals surface area (Å²) in [6.45, 7) is 1.75. The Morgan fingerprint density at radius 1 is 1.12 bits per heavy atom. The average Bonchev–Trinajstić information content (AvgIpc) is 3.50. The van der Waals surface area contributed by atoms with Crippen molar-refractivity contribution in [1.29, 1.82) is 0 Å². The molecule has 1 aliphatic rings. The van der Waals surface area contributed by atoms with Crippen LogP contribution in [0.15, 0.2) is 58.0 Å². The van der Waals surface area contributed by atoms with Crippen molar-refractivity contribution in [2.45, 2.75) is 43.5 Å². The zero-order chi connectivity index (χ0) is 21.9. The van der Waals surface area contributed by atoms with Gasteiger partial charge in [0.2, 0.25) is 5.82 Å². The van der Waals surface area contributed by atoms with Crippen LogP contribution in [-0.4, -0.2) is 32.4 Å². The van der Waals surface area contributed by atoms with Gasteiger partial charge in [0.1, 0.15) is 11.6 Å². The number of hydrogen-bond donors (Lipinski definition) is 1. The molecule has 3 aromatic heterocycles. The zero-order valence-corrected chi connectivity index (χ0v) is 19.1. The summed E-state index contributed by atoms with van der Waals surface area (Å²) in [5.74, 6) is 3.60. The Kier molecular flexibility index (Phi) is 6.03. The Hall–Kier alpha value is -3.00. The molecule has 0 radical (unpaired) electrons. The molecule has 0 bridgehead atoms. The fourth-order valence-electron chi connectivity index (χ4n) is 4.42. The summed E-state index contributed by atoms with van der Waals surface area (Å²) in [5.41, 5.74) is 7.65. The molecule has 1 aliphatic carbocycles. The Bertz CT molecular complexity index is 1170. The third kappa shape index (κ3) is 4.46. The first-order valence-electron chi connectivity index (χ1n) is 11.1.